The van der Waals surface area contributed by atoms with Crippen molar-refractivity contribution in [2.24, 2.45) is 0 Å². The Hall–Kier alpha value is -1.68. The van der Waals surface area contributed by atoms with Crippen LogP contribution in [-0.2, 0) is 29.1 Å². The molecule has 3 N–H and O–H groups in total. The van der Waals surface area contributed by atoms with E-state index in [9.17, 15) is 22.8 Å². The van der Waals surface area contributed by atoms with E-state index < -0.39 is 45.6 Å². The number of hydrogen-bond donors (Lipinski definition) is 3. The summed E-state index contributed by atoms with van der Waals surface area (Å²) >= 11 is 0. The molecule has 0 rings (SSSR count). The molecule has 0 fully saturated rings. The van der Waals surface area contributed by atoms with Crippen molar-refractivity contribution in [3.05, 3.63) is 0 Å². The van der Waals surface area contributed by atoms with Gasteiger partial charge in [0.25, 0.3) is 0 Å². The Balaban J connectivity index is 4.97. The minimum atomic E-state index is -4.33. The first-order chi connectivity index (χ1) is 8.11. The molecule has 10 heteroatoms. The first-order valence-corrected chi connectivity index (χ1v) is 6.20. The quantitative estimate of drug-likeness (QED) is 0.473. The second kappa shape index (κ2) is 6.31. The molecular formula is C8H13NO8S. The summed E-state index contributed by atoms with van der Waals surface area (Å²) < 4.78 is 28.9. The fraction of sp³-hybridized carbons (Fsp3) is 0.625. The van der Waals surface area contributed by atoms with E-state index in [0.29, 0.717) is 0 Å². The molecule has 0 bridgehead atoms. The molecular weight excluding hydrogens is 270 g/mol. The van der Waals surface area contributed by atoms with Crippen LogP contribution in [-0.4, -0.2) is 54.9 Å². The zero-order chi connectivity index (χ0) is 14.5. The van der Waals surface area contributed by atoms with Crippen LogP contribution in [0.3, 0.4) is 0 Å². The smallest absolute Gasteiger partial charge is 0.325 e. The number of esters is 1. The molecule has 18 heavy (non-hydrogen) atoms. The number of hydrogen-bond acceptors (Lipinski definition) is 6. The minimum absolute atomic E-state index is 0.942. The minimum Gasteiger partial charge on any atom is -0.481 e. The van der Waals surface area contributed by atoms with Gasteiger partial charge in [-0.15, -0.1) is 0 Å². The maximum absolute atomic E-state index is 11.6. The van der Waals surface area contributed by atoms with Gasteiger partial charge in [0.15, 0.2) is 5.25 Å². The highest BCUT2D eigenvalue weighted by atomic mass is 32.2. The Labute approximate surface area is 103 Å². The molecule has 0 aromatic heterocycles. The average Bonchev–Trinajstić information content (AvgIpc) is 2.24. The molecule has 0 saturated carbocycles. The molecule has 9 nitrogen and oxygen atoms in total. The molecule has 0 heterocycles. The van der Waals surface area contributed by atoms with Crippen LogP contribution >= 0.6 is 0 Å². The first kappa shape index (κ1) is 16.3. The van der Waals surface area contributed by atoms with Crippen molar-refractivity contribution < 1.29 is 37.8 Å². The molecule has 2 atom stereocenters. The van der Waals surface area contributed by atoms with E-state index in [2.05, 4.69) is 4.74 Å². The third kappa shape index (κ3) is 4.67. The lowest BCUT2D eigenvalue weighted by molar-refractivity contribution is -0.145. The number of carbonyl (C=O) groups is 3. The largest absolute Gasteiger partial charge is 0.481 e. The molecule has 0 radical (unpaired) electrons. The third-order valence-electron chi connectivity index (χ3n) is 1.98. The zero-order valence-electron chi connectivity index (χ0n) is 9.61. The number of nitrogens with one attached hydrogen (secondary N) is 1. The second-order valence-corrected chi connectivity index (χ2v) is 5.35. The Morgan fingerprint density at radius 2 is 1.78 bits per heavy atom. The highest BCUT2D eigenvalue weighted by Crippen LogP contribution is 2.04. The lowest BCUT2D eigenvalue weighted by Crippen LogP contribution is -2.47. The summed E-state index contributed by atoms with van der Waals surface area (Å²) in [5.41, 5.74) is 0. The van der Waals surface area contributed by atoms with Crippen molar-refractivity contribution in [2.45, 2.75) is 24.6 Å². The molecule has 0 aromatic carbocycles. The van der Waals surface area contributed by atoms with Crippen LogP contribution in [0.4, 0.5) is 0 Å². The molecule has 0 aliphatic carbocycles. The van der Waals surface area contributed by atoms with Crippen molar-refractivity contribution in [3.63, 3.8) is 0 Å². The van der Waals surface area contributed by atoms with Gasteiger partial charge in [0.2, 0.25) is 10.0 Å². The molecule has 0 aliphatic heterocycles. The lowest BCUT2D eigenvalue weighted by atomic mass is 10.2. The summed E-state index contributed by atoms with van der Waals surface area (Å²) in [7, 11) is -3.36. The average molecular weight is 283 g/mol. The zero-order valence-corrected chi connectivity index (χ0v) is 10.4. The van der Waals surface area contributed by atoms with E-state index >= 15 is 0 Å². The Kier molecular flexibility index (Phi) is 5.72. The summed E-state index contributed by atoms with van der Waals surface area (Å²) in [4.78, 5) is 32.1. The number of ether oxygens (including phenoxy) is 1. The van der Waals surface area contributed by atoms with E-state index in [0.717, 1.165) is 14.0 Å². The summed E-state index contributed by atoms with van der Waals surface area (Å²) in [5.74, 6) is -4.23. The molecule has 0 spiro atoms. The van der Waals surface area contributed by atoms with Crippen molar-refractivity contribution in [3.8, 4) is 0 Å². The molecule has 104 valence electrons. The van der Waals surface area contributed by atoms with Gasteiger partial charge in [-0.2, -0.15) is 4.72 Å². The molecule has 0 saturated heterocycles. The van der Waals surface area contributed by atoms with Crippen LogP contribution in [0, 0.1) is 0 Å². The van der Waals surface area contributed by atoms with Gasteiger partial charge in [-0.25, -0.2) is 8.42 Å². The Bertz CT molecular complexity index is 442. The van der Waals surface area contributed by atoms with Gasteiger partial charge in [-0.05, 0) is 6.92 Å². The standard InChI is InChI=1S/C8H13NO8S/c1-4(8(14)17-2)18(15,16)9-5(7(12)13)3-6(10)11/h4-5,9H,3H2,1-2H3,(H,10,11)(H,12,13). The maximum atomic E-state index is 11.6. The van der Waals surface area contributed by atoms with E-state index in [-0.39, 0.29) is 0 Å². The number of rotatable bonds is 7. The van der Waals surface area contributed by atoms with Crippen LogP contribution < -0.4 is 4.72 Å². The van der Waals surface area contributed by atoms with Gasteiger partial charge in [0, 0.05) is 0 Å². The molecule has 2 unspecified atom stereocenters. The van der Waals surface area contributed by atoms with Gasteiger partial charge in [-0.3, -0.25) is 14.4 Å². The topological polar surface area (TPSA) is 147 Å². The number of carboxylic acid groups (broad SMARTS) is 2. The van der Waals surface area contributed by atoms with Gasteiger partial charge in [0.05, 0.1) is 13.5 Å². The van der Waals surface area contributed by atoms with Crippen molar-refractivity contribution in [1.82, 2.24) is 4.72 Å². The molecule has 0 aromatic rings. The predicted octanol–water partition coefficient (Wildman–Crippen LogP) is -1.60. The fourth-order valence-corrected chi connectivity index (χ4v) is 2.08. The number of sulfonamides is 1. The number of carboxylic acids is 2. The van der Waals surface area contributed by atoms with Gasteiger partial charge < -0.3 is 14.9 Å². The van der Waals surface area contributed by atoms with E-state index in [1.165, 1.54) is 0 Å². The monoisotopic (exact) mass is 283 g/mol. The highest BCUT2D eigenvalue weighted by Gasteiger charge is 2.34. The highest BCUT2D eigenvalue weighted by molar-refractivity contribution is 7.90. The van der Waals surface area contributed by atoms with Gasteiger partial charge in [0.1, 0.15) is 6.04 Å². The summed E-state index contributed by atoms with van der Waals surface area (Å²) in [5, 5.41) is 15.4. The molecule has 0 aliphatic rings. The first-order valence-electron chi connectivity index (χ1n) is 4.65. The summed E-state index contributed by atoms with van der Waals surface area (Å²) in [6.45, 7) is 0.994. The maximum Gasteiger partial charge on any atom is 0.325 e. The van der Waals surface area contributed by atoms with E-state index in [1.54, 1.807) is 4.72 Å². The van der Waals surface area contributed by atoms with Crippen LogP contribution in [0.15, 0.2) is 0 Å². The fourth-order valence-electron chi connectivity index (χ4n) is 0.947. The second-order valence-electron chi connectivity index (χ2n) is 3.32. The van der Waals surface area contributed by atoms with Crippen LogP contribution in [0.25, 0.3) is 0 Å². The van der Waals surface area contributed by atoms with Crippen molar-refractivity contribution >= 4 is 27.9 Å². The normalized spacial score (nSPS) is 14.6. The van der Waals surface area contributed by atoms with Crippen molar-refractivity contribution in [1.29, 1.82) is 0 Å². The van der Waals surface area contributed by atoms with Crippen LogP contribution in [0.2, 0.25) is 0 Å². The van der Waals surface area contributed by atoms with Gasteiger partial charge >= 0.3 is 17.9 Å². The Morgan fingerprint density at radius 1 is 1.28 bits per heavy atom. The van der Waals surface area contributed by atoms with E-state index in [1.807, 2.05) is 0 Å². The Morgan fingerprint density at radius 3 is 2.11 bits per heavy atom. The van der Waals surface area contributed by atoms with Crippen molar-refractivity contribution in [2.75, 3.05) is 7.11 Å². The van der Waals surface area contributed by atoms with E-state index in [4.69, 9.17) is 10.2 Å². The summed E-state index contributed by atoms with van der Waals surface area (Å²) in [6, 6.07) is -1.85. The van der Waals surface area contributed by atoms with Crippen LogP contribution in [0.1, 0.15) is 13.3 Å². The number of aliphatic carboxylic acids is 2. The number of carbonyl (C=O) groups excluding carboxylic acids is 1. The predicted molar refractivity (Wildman–Crippen MR) is 57.2 cm³/mol. The number of methoxy groups -OCH3 is 1. The third-order valence-corrected chi connectivity index (χ3v) is 3.72. The SMILES string of the molecule is COC(=O)C(C)S(=O)(=O)NC(CC(=O)O)C(=O)O. The van der Waals surface area contributed by atoms with Crippen LogP contribution in [0.5, 0.6) is 0 Å². The summed E-state index contributed by atoms with van der Waals surface area (Å²) in [6.07, 6.45) is -0.942. The lowest BCUT2D eigenvalue weighted by Gasteiger charge is -2.16. The molecule has 0 amide bonds. The van der Waals surface area contributed by atoms with Gasteiger partial charge in [-0.1, -0.05) is 0 Å².